The van der Waals surface area contributed by atoms with Crippen LogP contribution >= 0.6 is 11.7 Å². The summed E-state index contributed by atoms with van der Waals surface area (Å²) in [7, 11) is 2.04. The highest BCUT2D eigenvalue weighted by Gasteiger charge is 2.10. The predicted molar refractivity (Wildman–Crippen MR) is 94.2 cm³/mol. The van der Waals surface area contributed by atoms with E-state index in [1.54, 1.807) is 4.57 Å². The van der Waals surface area contributed by atoms with E-state index in [1.807, 2.05) is 37.4 Å². The summed E-state index contributed by atoms with van der Waals surface area (Å²) >= 11 is 1.23. The number of hydrogen-bond acceptors (Lipinski definition) is 6. The van der Waals surface area contributed by atoms with Gasteiger partial charge < -0.3 is 9.32 Å². The molecule has 0 spiro atoms. The van der Waals surface area contributed by atoms with Crippen LogP contribution in [0.2, 0.25) is 0 Å². The van der Waals surface area contributed by atoms with Crippen LogP contribution in [0.4, 0.5) is 0 Å². The van der Waals surface area contributed by atoms with E-state index >= 15 is 0 Å². The summed E-state index contributed by atoms with van der Waals surface area (Å²) in [5, 5.41) is 0. The Morgan fingerprint density at radius 2 is 2.00 bits per heavy atom. The number of hydrogen-bond donors (Lipinski definition) is 0. The molecule has 2 aromatic heterocycles. The molecule has 0 unspecified atom stereocenters. The summed E-state index contributed by atoms with van der Waals surface area (Å²) < 4.78 is 15.4. The maximum Gasteiger partial charge on any atom is 0.419 e. The van der Waals surface area contributed by atoms with Crippen molar-refractivity contribution in [1.82, 2.24) is 18.2 Å². The van der Waals surface area contributed by atoms with E-state index in [9.17, 15) is 4.79 Å². The van der Waals surface area contributed by atoms with Crippen LogP contribution in [-0.2, 0) is 13.1 Å². The first-order chi connectivity index (χ1) is 11.7. The van der Waals surface area contributed by atoms with Crippen LogP contribution in [0, 0.1) is 0 Å². The van der Waals surface area contributed by atoms with Gasteiger partial charge in [-0.25, -0.2) is 4.79 Å². The fourth-order valence-electron chi connectivity index (χ4n) is 2.81. The van der Waals surface area contributed by atoms with Gasteiger partial charge in [0.05, 0.1) is 17.2 Å². The Morgan fingerprint density at radius 1 is 1.17 bits per heavy atom. The SMILES string of the molecule is CN(CCn1c(=O)oc2ccccc21)Cc1ccc2nsnc2c1. The molecule has 2 aromatic carbocycles. The average Bonchev–Trinajstić information content (AvgIpc) is 3.16. The van der Waals surface area contributed by atoms with E-state index < -0.39 is 0 Å². The van der Waals surface area contributed by atoms with Crippen molar-refractivity contribution < 1.29 is 4.42 Å². The zero-order valence-electron chi connectivity index (χ0n) is 13.2. The Balaban J connectivity index is 1.46. The number of aromatic nitrogens is 3. The highest BCUT2D eigenvalue weighted by atomic mass is 32.1. The number of likely N-dealkylation sites (N-methyl/N-ethyl adjacent to an activating group) is 1. The van der Waals surface area contributed by atoms with Crippen LogP contribution in [0.25, 0.3) is 22.1 Å². The van der Waals surface area contributed by atoms with Crippen LogP contribution in [-0.4, -0.2) is 31.8 Å². The zero-order chi connectivity index (χ0) is 16.5. The normalized spacial score (nSPS) is 11.8. The van der Waals surface area contributed by atoms with Crippen molar-refractivity contribution >= 4 is 33.9 Å². The third-order valence-electron chi connectivity index (χ3n) is 4.05. The zero-order valence-corrected chi connectivity index (χ0v) is 14.0. The molecule has 0 amide bonds. The molecule has 0 N–H and O–H groups in total. The molecule has 0 aliphatic rings. The Bertz CT molecular complexity index is 1050. The molecule has 0 bridgehead atoms. The van der Waals surface area contributed by atoms with Gasteiger partial charge in [0.2, 0.25) is 0 Å². The predicted octanol–water partition coefficient (Wildman–Crippen LogP) is 2.73. The summed E-state index contributed by atoms with van der Waals surface area (Å²) in [5.74, 6) is -0.306. The molecular weight excluding hydrogens is 324 g/mol. The quantitative estimate of drug-likeness (QED) is 0.559. The van der Waals surface area contributed by atoms with Crippen molar-refractivity contribution in [1.29, 1.82) is 0 Å². The molecule has 0 saturated carbocycles. The van der Waals surface area contributed by atoms with Gasteiger partial charge in [-0.1, -0.05) is 18.2 Å². The largest absolute Gasteiger partial charge is 0.419 e. The van der Waals surface area contributed by atoms with Gasteiger partial charge in [0.25, 0.3) is 0 Å². The van der Waals surface area contributed by atoms with E-state index in [0.29, 0.717) is 12.1 Å². The minimum atomic E-state index is -0.306. The molecule has 2 heterocycles. The molecular formula is C17H16N4O2S. The van der Waals surface area contributed by atoms with Gasteiger partial charge in [0.15, 0.2) is 5.58 Å². The maximum absolute atomic E-state index is 12.0. The van der Waals surface area contributed by atoms with Crippen molar-refractivity contribution in [3.8, 4) is 0 Å². The fraction of sp³-hybridized carbons (Fsp3) is 0.235. The smallest absolute Gasteiger partial charge is 0.408 e. The number of oxazole rings is 1. The second-order valence-corrected chi connectivity index (χ2v) is 6.34. The number of para-hydroxylation sites is 2. The molecule has 0 saturated heterocycles. The molecule has 122 valence electrons. The topological polar surface area (TPSA) is 64.2 Å². The monoisotopic (exact) mass is 340 g/mol. The first-order valence-corrected chi connectivity index (χ1v) is 8.42. The summed E-state index contributed by atoms with van der Waals surface area (Å²) in [6.45, 7) is 2.13. The second-order valence-electron chi connectivity index (χ2n) is 5.81. The lowest BCUT2D eigenvalue weighted by Gasteiger charge is -2.16. The minimum absolute atomic E-state index is 0.306. The maximum atomic E-state index is 12.0. The number of nitrogens with zero attached hydrogens (tertiary/aromatic N) is 4. The van der Waals surface area contributed by atoms with Crippen molar-refractivity contribution in [3.63, 3.8) is 0 Å². The lowest BCUT2D eigenvalue weighted by atomic mass is 10.2. The third-order valence-corrected chi connectivity index (χ3v) is 4.61. The van der Waals surface area contributed by atoms with E-state index in [4.69, 9.17) is 4.42 Å². The Kier molecular flexibility index (Phi) is 3.87. The molecule has 0 aliphatic heterocycles. The van der Waals surface area contributed by atoms with Gasteiger partial charge in [0.1, 0.15) is 11.0 Å². The van der Waals surface area contributed by atoms with E-state index in [2.05, 4.69) is 25.8 Å². The van der Waals surface area contributed by atoms with Crippen LogP contribution in [0.3, 0.4) is 0 Å². The summed E-state index contributed by atoms with van der Waals surface area (Å²) in [5.41, 5.74) is 4.52. The summed E-state index contributed by atoms with van der Waals surface area (Å²) in [6, 6.07) is 13.6. The van der Waals surface area contributed by atoms with Gasteiger partial charge in [-0.2, -0.15) is 8.75 Å². The molecule has 0 radical (unpaired) electrons. The van der Waals surface area contributed by atoms with E-state index in [0.717, 1.165) is 29.6 Å². The average molecular weight is 340 g/mol. The molecule has 4 aromatic rings. The molecule has 0 aliphatic carbocycles. The fourth-order valence-corrected chi connectivity index (χ4v) is 3.33. The number of fused-ring (bicyclic) bond motifs is 2. The Hall–Kier alpha value is -2.51. The van der Waals surface area contributed by atoms with Crippen molar-refractivity contribution in [3.05, 3.63) is 58.6 Å². The lowest BCUT2D eigenvalue weighted by molar-refractivity contribution is 0.308. The minimum Gasteiger partial charge on any atom is -0.408 e. The molecule has 0 fully saturated rings. The second kappa shape index (κ2) is 6.18. The van der Waals surface area contributed by atoms with E-state index in [1.165, 1.54) is 17.3 Å². The van der Waals surface area contributed by atoms with Gasteiger partial charge in [-0.3, -0.25) is 4.57 Å². The lowest BCUT2D eigenvalue weighted by Crippen LogP contribution is -2.26. The van der Waals surface area contributed by atoms with Crippen molar-refractivity contribution in [2.24, 2.45) is 0 Å². The highest BCUT2D eigenvalue weighted by molar-refractivity contribution is 7.00. The van der Waals surface area contributed by atoms with Gasteiger partial charge in [0, 0.05) is 19.6 Å². The number of rotatable bonds is 5. The summed E-state index contributed by atoms with van der Waals surface area (Å²) in [6.07, 6.45) is 0. The summed E-state index contributed by atoms with van der Waals surface area (Å²) in [4.78, 5) is 14.2. The number of benzene rings is 2. The van der Waals surface area contributed by atoms with Crippen molar-refractivity contribution in [2.75, 3.05) is 13.6 Å². The van der Waals surface area contributed by atoms with Crippen LogP contribution in [0.1, 0.15) is 5.56 Å². The van der Waals surface area contributed by atoms with Crippen LogP contribution in [0.15, 0.2) is 51.7 Å². The molecule has 4 rings (SSSR count). The van der Waals surface area contributed by atoms with E-state index in [-0.39, 0.29) is 5.76 Å². The molecule has 7 heteroatoms. The van der Waals surface area contributed by atoms with Gasteiger partial charge in [-0.05, 0) is 36.9 Å². The first-order valence-electron chi connectivity index (χ1n) is 7.69. The first kappa shape index (κ1) is 15.0. The Morgan fingerprint density at radius 3 is 2.92 bits per heavy atom. The van der Waals surface area contributed by atoms with Crippen LogP contribution < -0.4 is 5.76 Å². The standard InChI is InChI=1S/C17H16N4O2S/c1-20(11-12-6-7-13-14(10-12)19-24-18-13)8-9-21-15-4-2-3-5-16(15)23-17(21)22/h2-7,10H,8-9,11H2,1H3. The van der Waals surface area contributed by atoms with Gasteiger partial charge >= 0.3 is 5.76 Å². The highest BCUT2D eigenvalue weighted by Crippen LogP contribution is 2.15. The van der Waals surface area contributed by atoms with Crippen LogP contribution in [0.5, 0.6) is 0 Å². The third kappa shape index (κ3) is 2.83. The Labute approximate surface area is 142 Å². The van der Waals surface area contributed by atoms with Crippen molar-refractivity contribution in [2.45, 2.75) is 13.1 Å². The molecule has 0 atom stereocenters. The molecule has 6 nitrogen and oxygen atoms in total. The molecule has 24 heavy (non-hydrogen) atoms. The van der Waals surface area contributed by atoms with Gasteiger partial charge in [-0.15, -0.1) is 0 Å².